The number of rotatable bonds is 17. The first-order chi connectivity index (χ1) is 25.8. The van der Waals surface area contributed by atoms with Crippen molar-refractivity contribution < 1.29 is 52.6 Å². The Balaban J connectivity index is 2.32. The Morgan fingerprint density at radius 3 is 2.24 bits per heavy atom. The fourth-order valence-electron chi connectivity index (χ4n) is 4.67. The number of nitrogens with two attached hydrogens (primary N) is 1. The molecule has 0 spiro atoms. The summed E-state index contributed by atoms with van der Waals surface area (Å²) >= 11 is 0. The van der Waals surface area contributed by atoms with Crippen LogP contribution in [0.25, 0.3) is 0 Å². The van der Waals surface area contributed by atoms with Gasteiger partial charge < -0.3 is 50.8 Å². The van der Waals surface area contributed by atoms with Crippen molar-refractivity contribution in [3.8, 4) is 18.1 Å². The number of terminal acetylenes is 1. The van der Waals surface area contributed by atoms with Gasteiger partial charge in [-0.25, -0.2) is 19.2 Å². The zero-order chi connectivity index (χ0) is 41.3. The number of nitrogens with one attached hydrogen (secondary N) is 4. The van der Waals surface area contributed by atoms with E-state index in [1.54, 1.807) is 34.6 Å². The van der Waals surface area contributed by atoms with Crippen LogP contribution in [0, 0.1) is 28.4 Å². The van der Waals surface area contributed by atoms with Crippen molar-refractivity contribution in [2.24, 2.45) is 11.7 Å². The third-order valence-electron chi connectivity index (χ3n) is 7.29. The average Bonchev–Trinajstić information content (AvgIpc) is 3.09. The maximum atomic E-state index is 13.7. The highest BCUT2D eigenvalue weighted by atomic mass is 16.7. The van der Waals surface area contributed by atoms with Crippen LogP contribution in [0.1, 0.15) is 58.6 Å². The lowest BCUT2D eigenvalue weighted by Gasteiger charge is -2.27. The predicted molar refractivity (Wildman–Crippen MR) is 197 cm³/mol. The number of nitro benzene ring substituents is 1. The van der Waals surface area contributed by atoms with E-state index in [0.717, 1.165) is 12.1 Å². The highest BCUT2D eigenvalue weighted by molar-refractivity contribution is 5.98. The molecule has 2 rings (SSSR count). The summed E-state index contributed by atoms with van der Waals surface area (Å²) in [7, 11) is 1.43. The van der Waals surface area contributed by atoms with Gasteiger partial charge in [-0.1, -0.05) is 25.8 Å². The monoisotopic (exact) mass is 769 g/mol. The summed E-state index contributed by atoms with van der Waals surface area (Å²) in [6.07, 6.45) is 2.77. The lowest BCUT2D eigenvalue weighted by Crippen LogP contribution is -2.55. The molecular weight excluding hydrogens is 722 g/mol. The number of hydrogen-bond donors (Lipinski definition) is 5. The highest BCUT2D eigenvalue weighted by Crippen LogP contribution is 2.22. The molecule has 0 saturated heterocycles. The number of nitro groups is 1. The number of non-ortho nitro benzene ring substituents is 1. The average molecular weight is 770 g/mol. The lowest BCUT2D eigenvalue weighted by molar-refractivity contribution is -0.384. The number of primary amides is 1. The van der Waals surface area contributed by atoms with Gasteiger partial charge in [-0.2, -0.15) is 0 Å². The molecule has 19 heteroatoms. The van der Waals surface area contributed by atoms with Gasteiger partial charge in [0.05, 0.1) is 4.92 Å². The minimum Gasteiger partial charge on any atom is -0.444 e. The molecular formula is C36H47N7O12. The topological polar surface area (TPSA) is 260 Å². The fourth-order valence-corrected chi connectivity index (χ4v) is 4.67. The van der Waals surface area contributed by atoms with Crippen molar-refractivity contribution in [3.63, 3.8) is 0 Å². The molecule has 6 N–H and O–H groups in total. The molecule has 0 aliphatic carbocycles. The summed E-state index contributed by atoms with van der Waals surface area (Å²) in [4.78, 5) is 87.3. The quantitative estimate of drug-likeness (QED) is 0.0292. The molecule has 0 bridgehead atoms. The number of carbonyl (C=O) groups excluding carboxylic acids is 6. The van der Waals surface area contributed by atoms with Crippen LogP contribution < -0.4 is 31.7 Å². The summed E-state index contributed by atoms with van der Waals surface area (Å²) in [5, 5.41) is 21.3. The van der Waals surface area contributed by atoms with Crippen LogP contribution >= 0.6 is 0 Å². The number of nitrogens with zero attached hydrogens (tertiary/aromatic N) is 2. The standard InChI is InChI=1S/C36H47N7O12/c1-8-18-52-34(48)42(7)20-24-19-25(12-11-23(24)21-53-35(49)54-27-15-13-26(14-16-27)43(50)51)39-30(44)28(10-9-17-38-32(37)46)40-31(45)29(22(2)3)41-33(47)55-36(4,5)6/h1,11-16,19,22,28-29H,9-10,17-18,20-21H2,2-7H3,(H,39,44)(H,40,45)(H,41,47)(H3,37,38,46)/t28-,29-/m0/s1. The Labute approximate surface area is 318 Å². The zero-order valence-electron chi connectivity index (χ0n) is 31.5. The van der Waals surface area contributed by atoms with Crippen LogP contribution in [0.2, 0.25) is 0 Å². The molecule has 0 aromatic heterocycles. The molecule has 0 unspecified atom stereocenters. The molecule has 0 aliphatic rings. The number of alkyl carbamates (subject to hydrolysis) is 1. The second kappa shape index (κ2) is 21.2. The van der Waals surface area contributed by atoms with Gasteiger partial charge in [0, 0.05) is 38.0 Å². The summed E-state index contributed by atoms with van der Waals surface area (Å²) < 4.78 is 20.6. The van der Waals surface area contributed by atoms with Crippen LogP contribution in [-0.4, -0.2) is 83.9 Å². The van der Waals surface area contributed by atoms with Gasteiger partial charge in [0.25, 0.3) is 5.69 Å². The van der Waals surface area contributed by atoms with Gasteiger partial charge in [0.2, 0.25) is 11.8 Å². The maximum Gasteiger partial charge on any atom is 0.514 e. The molecule has 19 nitrogen and oxygen atoms in total. The Bertz CT molecular complexity index is 1740. The zero-order valence-corrected chi connectivity index (χ0v) is 31.5. The molecule has 55 heavy (non-hydrogen) atoms. The van der Waals surface area contributed by atoms with Crippen molar-refractivity contribution in [1.82, 2.24) is 20.9 Å². The molecule has 0 saturated carbocycles. The minimum atomic E-state index is -1.16. The van der Waals surface area contributed by atoms with E-state index in [4.69, 9.17) is 31.1 Å². The van der Waals surface area contributed by atoms with Gasteiger partial charge in [-0.05, 0) is 74.9 Å². The number of carbonyl (C=O) groups is 6. The smallest absolute Gasteiger partial charge is 0.444 e. The van der Waals surface area contributed by atoms with Gasteiger partial charge >= 0.3 is 24.4 Å². The normalized spacial score (nSPS) is 11.8. The summed E-state index contributed by atoms with van der Waals surface area (Å²) in [6, 6.07) is 6.28. The Morgan fingerprint density at radius 2 is 1.65 bits per heavy atom. The third-order valence-corrected chi connectivity index (χ3v) is 7.29. The van der Waals surface area contributed by atoms with E-state index in [1.807, 2.05) is 0 Å². The van der Waals surface area contributed by atoms with Gasteiger partial charge in [-0.15, -0.1) is 6.42 Å². The van der Waals surface area contributed by atoms with Crippen molar-refractivity contribution in [2.75, 3.05) is 25.5 Å². The summed E-state index contributed by atoms with van der Waals surface area (Å²) in [6.45, 7) is 7.79. The molecule has 0 aliphatic heterocycles. The first-order valence-electron chi connectivity index (χ1n) is 17.0. The van der Waals surface area contributed by atoms with Crippen LogP contribution in [0.15, 0.2) is 42.5 Å². The molecule has 6 amide bonds. The van der Waals surface area contributed by atoms with Gasteiger partial charge in [-0.3, -0.25) is 19.7 Å². The summed E-state index contributed by atoms with van der Waals surface area (Å²) in [5.74, 6) is 0.470. The lowest BCUT2D eigenvalue weighted by atomic mass is 10.0. The number of anilines is 1. The van der Waals surface area contributed by atoms with Gasteiger partial charge in [0.15, 0.2) is 6.61 Å². The van der Waals surface area contributed by atoms with Crippen molar-refractivity contribution >= 4 is 47.6 Å². The van der Waals surface area contributed by atoms with E-state index in [9.17, 15) is 38.9 Å². The van der Waals surface area contributed by atoms with Gasteiger partial charge in [0.1, 0.15) is 30.0 Å². The molecule has 2 aromatic rings. The number of amides is 6. The minimum absolute atomic E-state index is 0.00253. The highest BCUT2D eigenvalue weighted by Gasteiger charge is 2.30. The first kappa shape index (κ1) is 44.6. The predicted octanol–water partition coefficient (Wildman–Crippen LogP) is 3.93. The molecule has 0 radical (unpaired) electrons. The second-order valence-corrected chi connectivity index (χ2v) is 13.3. The second-order valence-electron chi connectivity index (χ2n) is 13.3. The van der Waals surface area contributed by atoms with Crippen LogP contribution in [-0.2, 0) is 37.0 Å². The number of benzene rings is 2. The van der Waals surface area contributed by atoms with Crippen LogP contribution in [0.3, 0.4) is 0 Å². The van der Waals surface area contributed by atoms with Crippen molar-refractivity contribution in [3.05, 3.63) is 63.7 Å². The Morgan fingerprint density at radius 1 is 0.982 bits per heavy atom. The molecule has 0 fully saturated rings. The van der Waals surface area contributed by atoms with Crippen LogP contribution in [0.4, 0.5) is 30.6 Å². The Kier molecular flexibility index (Phi) is 17.2. The van der Waals surface area contributed by atoms with E-state index in [0.29, 0.717) is 11.1 Å². The number of urea groups is 1. The van der Waals surface area contributed by atoms with Crippen LogP contribution in [0.5, 0.6) is 5.75 Å². The first-order valence-corrected chi connectivity index (χ1v) is 17.0. The van der Waals surface area contributed by atoms with E-state index in [-0.39, 0.29) is 56.3 Å². The SMILES string of the molecule is C#CCOC(=O)N(C)Cc1cc(NC(=O)[C@H](CCCNC(N)=O)NC(=O)[C@@H](NC(=O)OC(C)(C)C)C(C)C)ccc1COC(=O)Oc1ccc([N+](=O)[O-])cc1. The van der Waals surface area contributed by atoms with E-state index in [2.05, 4.69) is 27.2 Å². The largest absolute Gasteiger partial charge is 0.514 e. The van der Waals surface area contributed by atoms with Crippen molar-refractivity contribution in [2.45, 2.75) is 78.3 Å². The number of ether oxygens (including phenoxy) is 4. The van der Waals surface area contributed by atoms with E-state index >= 15 is 0 Å². The Hall–Kier alpha value is -6.58. The molecule has 298 valence electrons. The molecule has 0 heterocycles. The maximum absolute atomic E-state index is 13.7. The fraction of sp³-hybridized carbons (Fsp3) is 0.444. The third kappa shape index (κ3) is 16.3. The summed E-state index contributed by atoms with van der Waals surface area (Å²) in [5.41, 5.74) is 5.15. The molecule has 2 atom stereocenters. The number of hydrogen-bond acceptors (Lipinski definition) is 12. The van der Waals surface area contributed by atoms with E-state index < -0.39 is 64.7 Å². The van der Waals surface area contributed by atoms with Crippen molar-refractivity contribution in [1.29, 1.82) is 0 Å². The molecule has 2 aromatic carbocycles. The van der Waals surface area contributed by atoms with E-state index in [1.165, 1.54) is 42.3 Å².